The molecule has 2 aromatic carbocycles. The summed E-state index contributed by atoms with van der Waals surface area (Å²) in [6.07, 6.45) is 1.74. The zero-order valence-corrected chi connectivity index (χ0v) is 15.1. The molecule has 7 nitrogen and oxygen atoms in total. The van der Waals surface area contributed by atoms with Crippen LogP contribution < -0.4 is 15.4 Å². The van der Waals surface area contributed by atoms with E-state index in [9.17, 15) is 4.79 Å². The summed E-state index contributed by atoms with van der Waals surface area (Å²) in [6, 6.07) is 20.2. The van der Waals surface area contributed by atoms with Crippen LogP contribution in [0.1, 0.15) is 10.5 Å². The summed E-state index contributed by atoms with van der Waals surface area (Å²) >= 11 is 0. The van der Waals surface area contributed by atoms with Crippen LogP contribution in [0.15, 0.2) is 72.9 Å². The highest BCUT2D eigenvalue weighted by atomic mass is 16.5. The van der Waals surface area contributed by atoms with E-state index in [0.717, 1.165) is 16.6 Å². The van der Waals surface area contributed by atoms with E-state index in [1.54, 1.807) is 37.6 Å². The molecule has 7 heteroatoms. The average Bonchev–Trinajstić information content (AvgIpc) is 2.75. The molecule has 0 fully saturated rings. The predicted molar refractivity (Wildman–Crippen MR) is 108 cm³/mol. The minimum atomic E-state index is -0.365. The standard InChI is InChI=1S/C21H17N5O2/c1-28-18-10-3-2-8-15(18)24-21(27)17-11-12-19(26-25-17)23-16-9-4-6-14-7-5-13-22-20(14)16/h2-13H,1H3,(H,23,26)(H,24,27). The molecule has 0 aliphatic rings. The van der Waals surface area contributed by atoms with Crippen molar-refractivity contribution in [3.63, 3.8) is 0 Å². The van der Waals surface area contributed by atoms with Crippen LogP contribution in [-0.2, 0) is 0 Å². The number of aromatic nitrogens is 3. The number of benzene rings is 2. The van der Waals surface area contributed by atoms with Gasteiger partial charge in [0.15, 0.2) is 11.5 Å². The molecule has 4 aromatic rings. The van der Waals surface area contributed by atoms with E-state index in [1.807, 2.05) is 42.5 Å². The highest BCUT2D eigenvalue weighted by molar-refractivity contribution is 6.03. The van der Waals surface area contributed by atoms with E-state index in [2.05, 4.69) is 25.8 Å². The van der Waals surface area contributed by atoms with Crippen LogP contribution in [0, 0.1) is 0 Å². The van der Waals surface area contributed by atoms with Crippen LogP contribution in [0.5, 0.6) is 5.75 Å². The van der Waals surface area contributed by atoms with Crippen LogP contribution in [0.25, 0.3) is 10.9 Å². The zero-order chi connectivity index (χ0) is 19.3. The molecule has 28 heavy (non-hydrogen) atoms. The van der Waals surface area contributed by atoms with Crippen molar-refractivity contribution < 1.29 is 9.53 Å². The predicted octanol–water partition coefficient (Wildman–Crippen LogP) is 4.03. The first-order chi connectivity index (χ1) is 13.7. The Morgan fingerprint density at radius 1 is 0.893 bits per heavy atom. The minimum absolute atomic E-state index is 0.201. The first-order valence-electron chi connectivity index (χ1n) is 8.63. The molecule has 0 atom stereocenters. The Bertz CT molecular complexity index is 1120. The molecule has 0 spiro atoms. The highest BCUT2D eigenvalue weighted by Crippen LogP contribution is 2.25. The van der Waals surface area contributed by atoms with E-state index in [-0.39, 0.29) is 11.6 Å². The number of amides is 1. The fraction of sp³-hybridized carbons (Fsp3) is 0.0476. The molecule has 0 aliphatic carbocycles. The molecule has 138 valence electrons. The summed E-state index contributed by atoms with van der Waals surface area (Å²) in [5.74, 6) is 0.730. The van der Waals surface area contributed by atoms with Crippen molar-refractivity contribution in [1.82, 2.24) is 15.2 Å². The third kappa shape index (κ3) is 3.59. The Hall–Kier alpha value is -4.00. The Kier molecular flexibility index (Phi) is 4.79. The monoisotopic (exact) mass is 371 g/mol. The third-order valence-corrected chi connectivity index (χ3v) is 4.15. The summed E-state index contributed by atoms with van der Waals surface area (Å²) < 4.78 is 5.24. The Balaban J connectivity index is 1.51. The van der Waals surface area contributed by atoms with E-state index < -0.39 is 0 Å². The molecule has 0 bridgehead atoms. The molecule has 4 rings (SSSR count). The smallest absolute Gasteiger partial charge is 0.276 e. The van der Waals surface area contributed by atoms with Crippen molar-refractivity contribution in [2.75, 3.05) is 17.7 Å². The molecule has 0 unspecified atom stereocenters. The van der Waals surface area contributed by atoms with Crippen molar-refractivity contribution in [2.24, 2.45) is 0 Å². The molecular formula is C21H17N5O2. The van der Waals surface area contributed by atoms with Crippen molar-refractivity contribution >= 4 is 34.0 Å². The number of para-hydroxylation sites is 3. The molecular weight excluding hydrogens is 354 g/mol. The highest BCUT2D eigenvalue weighted by Gasteiger charge is 2.12. The van der Waals surface area contributed by atoms with Crippen molar-refractivity contribution in [3.05, 3.63) is 78.6 Å². The van der Waals surface area contributed by atoms with E-state index in [1.165, 1.54) is 0 Å². The van der Waals surface area contributed by atoms with E-state index in [0.29, 0.717) is 17.3 Å². The lowest BCUT2D eigenvalue weighted by molar-refractivity contribution is 0.102. The lowest BCUT2D eigenvalue weighted by Crippen LogP contribution is -2.15. The quantitative estimate of drug-likeness (QED) is 0.551. The second kappa shape index (κ2) is 7.71. The van der Waals surface area contributed by atoms with Gasteiger partial charge in [0.05, 0.1) is 24.0 Å². The first-order valence-corrected chi connectivity index (χ1v) is 8.63. The molecule has 2 N–H and O–H groups in total. The molecule has 0 radical (unpaired) electrons. The second-order valence-corrected chi connectivity index (χ2v) is 5.96. The van der Waals surface area contributed by atoms with Crippen LogP contribution in [0.3, 0.4) is 0 Å². The summed E-state index contributed by atoms with van der Waals surface area (Å²) in [5.41, 5.74) is 2.43. The van der Waals surface area contributed by atoms with Crippen molar-refractivity contribution in [3.8, 4) is 5.75 Å². The van der Waals surface area contributed by atoms with Gasteiger partial charge in [-0.3, -0.25) is 9.78 Å². The fourth-order valence-corrected chi connectivity index (χ4v) is 2.80. The number of pyridine rings is 1. The van der Waals surface area contributed by atoms with E-state index in [4.69, 9.17) is 4.74 Å². The lowest BCUT2D eigenvalue weighted by atomic mass is 10.2. The van der Waals surface area contributed by atoms with Gasteiger partial charge < -0.3 is 15.4 Å². The van der Waals surface area contributed by atoms with Gasteiger partial charge in [-0.2, -0.15) is 0 Å². The van der Waals surface area contributed by atoms with Gasteiger partial charge in [0.25, 0.3) is 5.91 Å². The molecule has 2 heterocycles. The summed E-state index contributed by atoms with van der Waals surface area (Å²) in [6.45, 7) is 0. The maximum Gasteiger partial charge on any atom is 0.276 e. The minimum Gasteiger partial charge on any atom is -0.495 e. The van der Waals surface area contributed by atoms with Crippen LogP contribution in [-0.4, -0.2) is 28.2 Å². The zero-order valence-electron chi connectivity index (χ0n) is 15.1. The van der Waals surface area contributed by atoms with Gasteiger partial charge in [-0.15, -0.1) is 10.2 Å². The maximum atomic E-state index is 12.4. The SMILES string of the molecule is COc1ccccc1NC(=O)c1ccc(Nc2cccc3cccnc23)nn1. The number of ether oxygens (including phenoxy) is 1. The fourth-order valence-electron chi connectivity index (χ4n) is 2.80. The van der Waals surface area contributed by atoms with Gasteiger partial charge in [0.2, 0.25) is 0 Å². The molecule has 0 saturated carbocycles. The Morgan fingerprint density at radius 2 is 1.71 bits per heavy atom. The summed E-state index contributed by atoms with van der Waals surface area (Å²) in [4.78, 5) is 16.8. The number of nitrogens with zero attached hydrogens (tertiary/aromatic N) is 3. The second-order valence-electron chi connectivity index (χ2n) is 5.96. The van der Waals surface area contributed by atoms with Crippen LogP contribution in [0.2, 0.25) is 0 Å². The molecule has 1 amide bonds. The number of hydrogen-bond donors (Lipinski definition) is 2. The number of rotatable bonds is 5. The first kappa shape index (κ1) is 17.4. The van der Waals surface area contributed by atoms with Gasteiger partial charge in [0.1, 0.15) is 5.75 Å². The molecule has 2 aromatic heterocycles. The van der Waals surface area contributed by atoms with Crippen LogP contribution in [0.4, 0.5) is 17.2 Å². The van der Waals surface area contributed by atoms with Crippen molar-refractivity contribution in [1.29, 1.82) is 0 Å². The number of nitrogens with one attached hydrogen (secondary N) is 2. The average molecular weight is 371 g/mol. The Morgan fingerprint density at radius 3 is 2.54 bits per heavy atom. The Labute approximate surface area is 161 Å². The summed E-state index contributed by atoms with van der Waals surface area (Å²) in [7, 11) is 1.55. The van der Waals surface area contributed by atoms with Gasteiger partial charge in [-0.1, -0.05) is 30.3 Å². The third-order valence-electron chi connectivity index (χ3n) is 4.15. The number of anilines is 3. The summed E-state index contributed by atoms with van der Waals surface area (Å²) in [5, 5.41) is 15.1. The number of carbonyl (C=O) groups is 1. The van der Waals surface area contributed by atoms with Gasteiger partial charge in [-0.25, -0.2) is 0 Å². The van der Waals surface area contributed by atoms with Crippen LogP contribution >= 0.6 is 0 Å². The molecule has 0 saturated heterocycles. The van der Waals surface area contributed by atoms with Gasteiger partial charge >= 0.3 is 0 Å². The molecule has 0 aliphatic heterocycles. The largest absolute Gasteiger partial charge is 0.495 e. The van der Waals surface area contributed by atoms with Gasteiger partial charge in [-0.05, 0) is 36.4 Å². The maximum absolute atomic E-state index is 12.4. The topological polar surface area (TPSA) is 89.0 Å². The number of methoxy groups -OCH3 is 1. The van der Waals surface area contributed by atoms with Crippen molar-refractivity contribution in [2.45, 2.75) is 0 Å². The normalized spacial score (nSPS) is 10.5. The lowest BCUT2D eigenvalue weighted by Gasteiger charge is -2.10. The number of hydrogen-bond acceptors (Lipinski definition) is 6. The number of fused-ring (bicyclic) bond motifs is 1. The van der Waals surface area contributed by atoms with Gasteiger partial charge in [0, 0.05) is 11.6 Å². The van der Waals surface area contributed by atoms with E-state index >= 15 is 0 Å². The number of carbonyl (C=O) groups excluding carboxylic acids is 1.